The van der Waals surface area contributed by atoms with E-state index >= 15 is 0 Å². The fourth-order valence-corrected chi connectivity index (χ4v) is 17.8. The first kappa shape index (κ1) is 86.4. The summed E-state index contributed by atoms with van der Waals surface area (Å²) < 4.78 is 22.9. The van der Waals surface area contributed by atoms with Gasteiger partial charge in [-0.3, -0.25) is 0 Å². The summed E-state index contributed by atoms with van der Waals surface area (Å²) in [5, 5.41) is 182. The molecule has 0 aliphatic rings. The molecule has 0 saturated heterocycles. The van der Waals surface area contributed by atoms with Crippen LogP contribution in [-0.2, 0) is 13.2 Å². The summed E-state index contributed by atoms with van der Waals surface area (Å²) in [6, 6.07) is 63.5. The number of nitrogens with zero attached hydrogens (tertiary/aromatic N) is 1. The molecule has 5 aromatic heterocycles. The number of hydrogen-bond donors (Lipinski definition) is 19. The molecule has 121 heavy (non-hydrogen) atoms. The van der Waals surface area contributed by atoms with Gasteiger partial charge in [0.2, 0.25) is 0 Å². The van der Waals surface area contributed by atoms with Gasteiger partial charge in [0.05, 0.1) is 50.3 Å². The molecule has 19 N–H and O–H groups in total. The number of thiophene rings is 4. The number of aliphatic hydroxyl groups excluding tert-OH is 2. The molecule has 30 heteroatoms. The Hall–Kier alpha value is -14.0. The lowest BCUT2D eigenvalue weighted by molar-refractivity contribution is 0.273. The molecular formula is C91H74BrNO23S5. The van der Waals surface area contributed by atoms with E-state index in [4.69, 9.17) is 24.1 Å². The molecule has 0 aliphatic heterocycles. The maximum absolute atomic E-state index is 9.91. The third-order valence-electron chi connectivity index (χ3n) is 18.4. The largest absolute Gasteiger partial charge is 0.504 e. The van der Waals surface area contributed by atoms with Crippen molar-refractivity contribution >= 4 is 72.6 Å². The Morgan fingerprint density at radius 3 is 1.03 bits per heavy atom. The Morgan fingerprint density at radius 2 is 0.579 bits per heavy atom. The van der Waals surface area contributed by atoms with Crippen LogP contribution in [0.5, 0.6) is 121 Å². The van der Waals surface area contributed by atoms with Gasteiger partial charge >= 0.3 is 0 Å². The minimum Gasteiger partial charge on any atom is -0.504 e. The van der Waals surface area contributed by atoms with Gasteiger partial charge in [0.1, 0.15) is 16.5 Å². The summed E-state index contributed by atoms with van der Waals surface area (Å²) in [4.78, 5) is 11.3. The standard InChI is InChI=1S/C28H28O6S.C22H16O6S.C16H12O5S.C15H11NO4S.C10H7BrO2S/c1-31-23-9-7-17(11-21(23)16-30)22-14-27(18-5-6-20(15-29)25(12-18)33-3)35-28(22)19-8-10-24(32-2)26(13-19)34-4;23-15-4-1-11(7-18(15)26)14-10-21(12-2-5-16(24)19(27)8-12)29-22(14)13-3-6-17(25)20(28)9-13;17-10-2-1-8(5-11(10)18)14-3-4-15(22-14)9-6-12(19)16(21)13(20)7-9;17-10-3-1-8(5-12(10)19)14-7-16-15(21-14)9-2-4-11(18)13(20)6-9;11-10-4-3-9(14-10)6-1-2-7(12)8(13)5-6/h5-14,29-30H,15-16H2,1-4H3;1-10,23-28H;1-7,17-21H;1-7,17-20H;1-5,12-13H. The normalized spacial score (nSPS) is 10.7. The monoisotopic (exact) mass is 1790 g/mol. The van der Waals surface area contributed by atoms with Gasteiger partial charge in [-0.15, -0.1) is 56.7 Å². The third kappa shape index (κ3) is 20.1. The summed E-state index contributed by atoms with van der Waals surface area (Å²) in [6.07, 6.45) is 1.65. The van der Waals surface area contributed by atoms with Crippen LogP contribution < -0.4 is 18.9 Å². The van der Waals surface area contributed by atoms with E-state index in [2.05, 4.69) is 27.0 Å². The van der Waals surface area contributed by atoms with E-state index in [-0.39, 0.29) is 93.7 Å². The summed E-state index contributed by atoms with van der Waals surface area (Å²) >= 11 is 10.7. The van der Waals surface area contributed by atoms with E-state index < -0.39 is 17.2 Å². The molecule has 0 fully saturated rings. The number of aromatic hydroxyl groups is 17. The van der Waals surface area contributed by atoms with E-state index in [1.807, 2.05) is 78.9 Å². The minimum atomic E-state index is -0.552. The third-order valence-corrected chi connectivity index (χ3v) is 24.9. The molecule has 11 aromatic carbocycles. The molecule has 618 valence electrons. The molecule has 0 unspecified atom stereocenters. The number of benzene rings is 11. The van der Waals surface area contributed by atoms with Crippen molar-refractivity contribution in [1.29, 1.82) is 0 Å². The number of thiazole rings is 1. The van der Waals surface area contributed by atoms with Gasteiger partial charge < -0.3 is 116 Å². The molecule has 24 nitrogen and oxygen atoms in total. The number of methoxy groups -OCH3 is 4. The van der Waals surface area contributed by atoms with Gasteiger partial charge in [-0.2, -0.15) is 0 Å². The first-order valence-corrected chi connectivity index (χ1v) is 40.7. The van der Waals surface area contributed by atoms with Crippen LogP contribution in [0.3, 0.4) is 0 Å². The molecule has 0 bridgehead atoms. The highest BCUT2D eigenvalue weighted by Gasteiger charge is 2.23. The van der Waals surface area contributed by atoms with Crippen molar-refractivity contribution in [2.24, 2.45) is 0 Å². The first-order valence-electron chi connectivity index (χ1n) is 35.9. The zero-order valence-electron chi connectivity index (χ0n) is 63.9. The lowest BCUT2D eigenvalue weighted by Gasteiger charge is -2.12. The molecule has 16 rings (SSSR count). The average molecular weight is 1790 g/mol. The van der Waals surface area contributed by atoms with Crippen LogP contribution in [0.15, 0.2) is 241 Å². The van der Waals surface area contributed by atoms with Gasteiger partial charge in [-0.1, -0.05) is 24.3 Å². The Kier molecular flexibility index (Phi) is 27.3. The molecule has 0 amide bonds. The Bertz CT molecular complexity index is 6200. The van der Waals surface area contributed by atoms with Crippen LogP contribution in [0.1, 0.15) is 11.1 Å². The van der Waals surface area contributed by atoms with Gasteiger partial charge in [0.15, 0.2) is 109 Å². The van der Waals surface area contributed by atoms with Gasteiger partial charge in [-0.05, 0) is 278 Å². The zero-order valence-corrected chi connectivity index (χ0v) is 69.6. The Labute approximate surface area is 718 Å². The quantitative estimate of drug-likeness (QED) is 0.0376. The summed E-state index contributed by atoms with van der Waals surface area (Å²) in [5.41, 5.74) is 11.7. The first-order chi connectivity index (χ1) is 58.0. The van der Waals surface area contributed by atoms with E-state index in [0.29, 0.717) is 61.4 Å². The fourth-order valence-electron chi connectivity index (χ4n) is 12.1. The highest BCUT2D eigenvalue weighted by atomic mass is 79.9. The van der Waals surface area contributed by atoms with Crippen LogP contribution in [-0.4, -0.2) is 130 Å². The maximum Gasteiger partial charge on any atom is 0.200 e. The zero-order chi connectivity index (χ0) is 86.6. The molecular weight excluding hydrogens is 1720 g/mol. The smallest absolute Gasteiger partial charge is 0.200 e. The number of ether oxygens (including phenoxy) is 4. The number of rotatable bonds is 17. The van der Waals surface area contributed by atoms with Gasteiger partial charge in [0.25, 0.3) is 0 Å². The number of aromatic nitrogens is 1. The average Bonchev–Trinajstić information content (AvgIpc) is 1.63. The van der Waals surface area contributed by atoms with Crippen LogP contribution in [0.4, 0.5) is 0 Å². The summed E-state index contributed by atoms with van der Waals surface area (Å²) in [5.74, 6) is -1.56. The van der Waals surface area contributed by atoms with Crippen molar-refractivity contribution < 1.29 is 116 Å². The SMILES string of the molecule is COc1ccc(-c2cc(-c3ccc(CO)c(OC)c3)sc2-c2ccc(OC)c(OC)c2)cc1CO.Oc1ccc(-c2cc(-c3ccc(O)c(O)c3)c(-c3ccc(O)c(O)c3)s2)cc1O.Oc1ccc(-c2ccc(-c3cc(O)c(O)c(O)c3)s2)cc1O.Oc1ccc(-c2ccc(Br)s2)cc1O.Oc1ccc(-c2cnc(-c3ccc(O)c(O)c3)s2)cc1O. The molecule has 0 radical (unpaired) electrons. The van der Waals surface area contributed by atoms with Crippen LogP contribution in [0.25, 0.3) is 116 Å². The number of hydrogen-bond acceptors (Lipinski definition) is 29. The topological polar surface area (TPSA) is 434 Å². The highest BCUT2D eigenvalue weighted by Crippen LogP contribution is 2.51. The lowest BCUT2D eigenvalue weighted by Crippen LogP contribution is -1.93. The molecule has 0 atom stereocenters. The number of phenols is 17. The van der Waals surface area contributed by atoms with Crippen molar-refractivity contribution in [3.63, 3.8) is 0 Å². The summed E-state index contributed by atoms with van der Waals surface area (Å²) in [7, 11) is 6.42. The molecule has 0 aliphatic carbocycles. The van der Waals surface area contributed by atoms with E-state index in [1.54, 1.807) is 112 Å². The van der Waals surface area contributed by atoms with E-state index in [1.165, 1.54) is 125 Å². The fraction of sp³-hybridized carbons (Fsp3) is 0.0659. The molecule has 0 saturated carbocycles. The van der Waals surface area contributed by atoms with E-state index in [9.17, 15) is 91.9 Å². The van der Waals surface area contributed by atoms with Gasteiger partial charge in [0, 0.05) is 68.2 Å². The van der Waals surface area contributed by atoms with Crippen LogP contribution in [0, 0.1) is 0 Å². The minimum absolute atomic E-state index is 0.0907. The molecule has 16 aromatic rings. The number of aliphatic hydroxyl groups is 2. The van der Waals surface area contributed by atoms with Crippen molar-refractivity contribution in [2.45, 2.75) is 13.2 Å². The van der Waals surface area contributed by atoms with Crippen molar-refractivity contribution in [2.75, 3.05) is 28.4 Å². The molecule has 5 heterocycles. The lowest BCUT2D eigenvalue weighted by atomic mass is 9.99. The second-order valence-electron chi connectivity index (χ2n) is 26.2. The maximum atomic E-state index is 9.91. The Morgan fingerprint density at radius 1 is 0.248 bits per heavy atom. The highest BCUT2D eigenvalue weighted by molar-refractivity contribution is 9.11. The van der Waals surface area contributed by atoms with Crippen LogP contribution >= 0.6 is 72.6 Å². The van der Waals surface area contributed by atoms with E-state index in [0.717, 1.165) is 92.9 Å². The van der Waals surface area contributed by atoms with Gasteiger partial charge in [-0.25, -0.2) is 4.98 Å². The van der Waals surface area contributed by atoms with Crippen molar-refractivity contribution in [3.05, 3.63) is 252 Å². The Balaban J connectivity index is 0.000000142. The number of phenolic OH excluding ortho intramolecular Hbond substituents is 17. The predicted molar refractivity (Wildman–Crippen MR) is 473 cm³/mol. The number of halogens is 1. The predicted octanol–water partition coefficient (Wildman–Crippen LogP) is 21.2. The summed E-state index contributed by atoms with van der Waals surface area (Å²) in [6.45, 7) is -0.217. The van der Waals surface area contributed by atoms with Crippen molar-refractivity contribution in [1.82, 2.24) is 4.98 Å². The van der Waals surface area contributed by atoms with Crippen molar-refractivity contribution in [3.8, 4) is 237 Å². The molecule has 0 spiro atoms. The second kappa shape index (κ2) is 38.2. The second-order valence-corrected chi connectivity index (χ2v) is 32.9. The van der Waals surface area contributed by atoms with Crippen LogP contribution in [0.2, 0.25) is 0 Å².